The standard InChI is InChI=1S/C21H21N5O6/c1-26(13-6-7-15-14(10-13)19(30)25-21(22)24-15)12-4-2-11(3-5-12)18(29)23-16(20(31)32)8-9-17(27)28/h2-7,10,16H,8-9H2,1H3,(H,23,29)(H,27,28)(H,31,32)(H3,22,24,25,30)/t16-/m0/s1. The first-order valence-electron chi connectivity index (χ1n) is 9.54. The molecule has 1 amide bonds. The van der Waals surface area contributed by atoms with Gasteiger partial charge in [-0.05, 0) is 48.9 Å². The zero-order valence-electron chi connectivity index (χ0n) is 17.0. The van der Waals surface area contributed by atoms with Crippen LogP contribution >= 0.6 is 0 Å². The van der Waals surface area contributed by atoms with Crippen molar-refractivity contribution < 1.29 is 24.6 Å². The van der Waals surface area contributed by atoms with Gasteiger partial charge in [-0.3, -0.25) is 19.4 Å². The van der Waals surface area contributed by atoms with Crippen LogP contribution < -0.4 is 21.5 Å². The predicted molar refractivity (Wildman–Crippen MR) is 117 cm³/mol. The molecule has 0 aliphatic rings. The minimum Gasteiger partial charge on any atom is -0.481 e. The second-order valence-electron chi connectivity index (χ2n) is 7.06. The first-order valence-corrected chi connectivity index (χ1v) is 9.54. The van der Waals surface area contributed by atoms with E-state index in [1.807, 2.05) is 0 Å². The van der Waals surface area contributed by atoms with Gasteiger partial charge >= 0.3 is 11.9 Å². The number of nitrogens with two attached hydrogens (primary N) is 1. The van der Waals surface area contributed by atoms with E-state index >= 15 is 0 Å². The minimum absolute atomic E-state index is 0.0329. The average Bonchev–Trinajstić information content (AvgIpc) is 2.75. The van der Waals surface area contributed by atoms with Gasteiger partial charge < -0.3 is 26.2 Å². The summed E-state index contributed by atoms with van der Waals surface area (Å²) in [6, 6.07) is 10.2. The fourth-order valence-electron chi connectivity index (χ4n) is 3.11. The number of nitrogens with zero attached hydrogens (tertiary/aromatic N) is 2. The molecule has 0 radical (unpaired) electrons. The molecule has 3 aromatic rings. The molecule has 0 fully saturated rings. The Labute approximate surface area is 181 Å². The number of hydrogen-bond acceptors (Lipinski definition) is 7. The van der Waals surface area contributed by atoms with E-state index in [2.05, 4.69) is 15.3 Å². The number of amides is 1. The number of carboxylic acids is 2. The molecule has 0 saturated heterocycles. The SMILES string of the molecule is CN(c1ccc(C(=O)N[C@@H](CCC(=O)O)C(=O)O)cc1)c1ccc2nc(N)[nH]c(=O)c2c1. The molecule has 1 atom stereocenters. The minimum atomic E-state index is -1.31. The van der Waals surface area contributed by atoms with Crippen LogP contribution in [-0.4, -0.2) is 51.1 Å². The second kappa shape index (κ2) is 9.16. The van der Waals surface area contributed by atoms with E-state index in [0.29, 0.717) is 22.3 Å². The lowest BCUT2D eigenvalue weighted by Crippen LogP contribution is -2.41. The average molecular weight is 439 g/mol. The molecule has 2 aromatic carbocycles. The van der Waals surface area contributed by atoms with Gasteiger partial charge in [-0.2, -0.15) is 0 Å². The number of hydrogen-bond donors (Lipinski definition) is 5. The Bertz CT molecular complexity index is 1240. The van der Waals surface area contributed by atoms with Crippen LogP contribution in [-0.2, 0) is 9.59 Å². The number of aliphatic carboxylic acids is 2. The molecular formula is C21H21N5O6. The smallest absolute Gasteiger partial charge is 0.326 e. The number of nitrogen functional groups attached to an aromatic ring is 1. The van der Waals surface area contributed by atoms with Crippen molar-refractivity contribution in [1.82, 2.24) is 15.3 Å². The summed E-state index contributed by atoms with van der Waals surface area (Å²) < 4.78 is 0. The fraction of sp³-hybridized carbons (Fsp3) is 0.190. The summed E-state index contributed by atoms with van der Waals surface area (Å²) in [5.41, 5.74) is 7.30. The van der Waals surface area contributed by atoms with Crippen molar-refractivity contribution in [2.45, 2.75) is 18.9 Å². The first-order chi connectivity index (χ1) is 15.2. The quantitative estimate of drug-likeness (QED) is 0.346. The molecule has 32 heavy (non-hydrogen) atoms. The third kappa shape index (κ3) is 5.01. The Morgan fingerprint density at radius 2 is 1.78 bits per heavy atom. The van der Waals surface area contributed by atoms with Crippen molar-refractivity contribution in [2.24, 2.45) is 0 Å². The first kappa shape index (κ1) is 22.3. The van der Waals surface area contributed by atoms with E-state index in [1.54, 1.807) is 42.3 Å². The Kier molecular flexibility index (Phi) is 6.38. The summed E-state index contributed by atoms with van der Waals surface area (Å²) in [5, 5.41) is 20.6. The van der Waals surface area contributed by atoms with Crippen LogP contribution in [0, 0.1) is 0 Å². The highest BCUT2D eigenvalue weighted by atomic mass is 16.4. The highest BCUT2D eigenvalue weighted by molar-refractivity contribution is 5.97. The van der Waals surface area contributed by atoms with Gasteiger partial charge in [0, 0.05) is 30.4 Å². The van der Waals surface area contributed by atoms with Crippen molar-refractivity contribution in [3.8, 4) is 0 Å². The predicted octanol–water partition coefficient (Wildman–Crippen LogP) is 1.32. The lowest BCUT2D eigenvalue weighted by Gasteiger charge is -2.20. The van der Waals surface area contributed by atoms with E-state index in [9.17, 15) is 24.3 Å². The molecule has 1 aromatic heterocycles. The molecular weight excluding hydrogens is 418 g/mol. The molecule has 0 aliphatic heterocycles. The summed E-state index contributed by atoms with van der Waals surface area (Å²) >= 11 is 0. The molecule has 0 spiro atoms. The maximum atomic E-state index is 12.4. The molecule has 0 saturated carbocycles. The van der Waals surface area contributed by atoms with Gasteiger partial charge in [0.05, 0.1) is 10.9 Å². The summed E-state index contributed by atoms with van der Waals surface area (Å²) in [6.45, 7) is 0. The van der Waals surface area contributed by atoms with Crippen LogP contribution in [0.2, 0.25) is 0 Å². The summed E-state index contributed by atoms with van der Waals surface area (Å²) in [5.74, 6) is -3.05. The van der Waals surface area contributed by atoms with E-state index in [1.165, 1.54) is 12.1 Å². The van der Waals surface area contributed by atoms with Crippen molar-refractivity contribution >= 4 is 46.1 Å². The zero-order valence-corrected chi connectivity index (χ0v) is 17.0. The number of fused-ring (bicyclic) bond motifs is 1. The van der Waals surface area contributed by atoms with Crippen LogP contribution in [0.4, 0.5) is 17.3 Å². The van der Waals surface area contributed by atoms with Gasteiger partial charge in [0.1, 0.15) is 6.04 Å². The molecule has 3 rings (SSSR count). The van der Waals surface area contributed by atoms with Crippen molar-refractivity contribution in [1.29, 1.82) is 0 Å². The molecule has 11 heteroatoms. The lowest BCUT2D eigenvalue weighted by atomic mass is 10.1. The van der Waals surface area contributed by atoms with Crippen molar-refractivity contribution in [2.75, 3.05) is 17.7 Å². The molecule has 6 N–H and O–H groups in total. The Morgan fingerprint density at radius 1 is 1.12 bits per heavy atom. The molecule has 11 nitrogen and oxygen atoms in total. The van der Waals surface area contributed by atoms with Crippen LogP contribution in [0.25, 0.3) is 10.9 Å². The molecule has 1 heterocycles. The monoisotopic (exact) mass is 439 g/mol. The van der Waals surface area contributed by atoms with E-state index in [-0.39, 0.29) is 29.9 Å². The van der Waals surface area contributed by atoms with Gasteiger partial charge in [0.25, 0.3) is 11.5 Å². The van der Waals surface area contributed by atoms with E-state index in [0.717, 1.165) is 0 Å². The van der Waals surface area contributed by atoms with E-state index < -0.39 is 23.9 Å². The number of benzene rings is 2. The highest BCUT2D eigenvalue weighted by Crippen LogP contribution is 2.26. The van der Waals surface area contributed by atoms with Crippen LogP contribution in [0.15, 0.2) is 47.3 Å². The second-order valence-corrected chi connectivity index (χ2v) is 7.06. The topological polar surface area (TPSA) is 179 Å². The maximum absolute atomic E-state index is 12.4. The van der Waals surface area contributed by atoms with Crippen LogP contribution in [0.5, 0.6) is 0 Å². The number of aromatic amines is 1. The van der Waals surface area contributed by atoms with Gasteiger partial charge in [0.2, 0.25) is 5.95 Å². The largest absolute Gasteiger partial charge is 0.481 e. The fourth-order valence-corrected chi connectivity index (χ4v) is 3.11. The molecule has 0 unspecified atom stereocenters. The number of carbonyl (C=O) groups is 3. The number of rotatable bonds is 8. The molecule has 0 aliphatic carbocycles. The van der Waals surface area contributed by atoms with Crippen molar-refractivity contribution in [3.05, 3.63) is 58.4 Å². The van der Waals surface area contributed by atoms with Gasteiger partial charge in [-0.25, -0.2) is 9.78 Å². The number of aromatic nitrogens is 2. The van der Waals surface area contributed by atoms with Crippen LogP contribution in [0.1, 0.15) is 23.2 Å². The lowest BCUT2D eigenvalue weighted by molar-refractivity contribution is -0.140. The van der Waals surface area contributed by atoms with E-state index in [4.69, 9.17) is 10.8 Å². The van der Waals surface area contributed by atoms with Gasteiger partial charge in [-0.15, -0.1) is 0 Å². The number of carboxylic acid groups (broad SMARTS) is 2. The number of carbonyl (C=O) groups excluding carboxylic acids is 1. The van der Waals surface area contributed by atoms with Crippen molar-refractivity contribution in [3.63, 3.8) is 0 Å². The Morgan fingerprint density at radius 3 is 2.41 bits per heavy atom. The summed E-state index contributed by atoms with van der Waals surface area (Å²) in [4.78, 5) is 54.8. The molecule has 0 bridgehead atoms. The Hall–Kier alpha value is -4.41. The van der Waals surface area contributed by atoms with Crippen LogP contribution in [0.3, 0.4) is 0 Å². The van der Waals surface area contributed by atoms with Gasteiger partial charge in [0.15, 0.2) is 0 Å². The summed E-state index contributed by atoms with van der Waals surface area (Å²) in [7, 11) is 1.78. The third-order valence-electron chi connectivity index (χ3n) is 4.86. The maximum Gasteiger partial charge on any atom is 0.326 e. The normalized spacial score (nSPS) is 11.7. The highest BCUT2D eigenvalue weighted by Gasteiger charge is 2.21. The third-order valence-corrected chi connectivity index (χ3v) is 4.86. The Balaban J connectivity index is 1.76. The number of H-pyrrole nitrogens is 1. The number of nitrogens with one attached hydrogen (secondary N) is 2. The number of anilines is 3. The van der Waals surface area contributed by atoms with Gasteiger partial charge in [-0.1, -0.05) is 0 Å². The summed E-state index contributed by atoms with van der Waals surface area (Å²) in [6.07, 6.45) is -0.601. The molecule has 166 valence electrons. The zero-order chi connectivity index (χ0) is 23.4.